The molecule has 0 bridgehead atoms. The second kappa shape index (κ2) is 12.2. The van der Waals surface area contributed by atoms with Crippen LogP contribution in [0.1, 0.15) is 53.1 Å². The van der Waals surface area contributed by atoms with Crippen LogP contribution < -0.4 is 19.5 Å². The second-order valence-corrected chi connectivity index (χ2v) is 9.68. The third-order valence-electron chi connectivity index (χ3n) is 6.52. The van der Waals surface area contributed by atoms with Gasteiger partial charge >= 0.3 is 0 Å². The van der Waals surface area contributed by atoms with Crippen LogP contribution in [-0.2, 0) is 6.54 Å². The van der Waals surface area contributed by atoms with Crippen molar-refractivity contribution in [1.29, 1.82) is 0 Å². The number of nitrogens with zero attached hydrogens (tertiary/aromatic N) is 2. The van der Waals surface area contributed by atoms with Crippen molar-refractivity contribution in [2.24, 2.45) is 0 Å². The predicted molar refractivity (Wildman–Crippen MR) is 151 cm³/mol. The van der Waals surface area contributed by atoms with E-state index in [1.165, 1.54) is 0 Å². The Bertz CT molecular complexity index is 1410. The molecule has 0 aliphatic heterocycles. The lowest BCUT2D eigenvalue weighted by molar-refractivity contribution is 0.0937. The molecule has 4 aromatic rings. The Balaban J connectivity index is 1.43. The van der Waals surface area contributed by atoms with Gasteiger partial charge in [-0.1, -0.05) is 23.7 Å². The first-order valence-electron chi connectivity index (χ1n) is 12.7. The van der Waals surface area contributed by atoms with Crippen molar-refractivity contribution >= 4 is 28.5 Å². The number of amides is 1. The fraction of sp³-hybridized carbons (Fsp3) is 0.333. The first-order chi connectivity index (χ1) is 18.3. The SMILES string of the molecule is COc1ccc(C(=O)NC(C)c2nc3ccccc3n2CCCCOc2cc(C)c(Cl)c(C)c2)cc1OC. The quantitative estimate of drug-likeness (QED) is 0.217. The van der Waals surface area contributed by atoms with Gasteiger partial charge in [-0.25, -0.2) is 4.98 Å². The average molecular weight is 536 g/mol. The molecule has 3 aromatic carbocycles. The highest BCUT2D eigenvalue weighted by molar-refractivity contribution is 6.32. The maximum absolute atomic E-state index is 13.1. The van der Waals surface area contributed by atoms with E-state index in [-0.39, 0.29) is 11.9 Å². The Morgan fingerprint density at radius 1 is 1.00 bits per heavy atom. The number of fused-ring (bicyclic) bond motifs is 1. The van der Waals surface area contributed by atoms with Crippen LogP contribution in [-0.4, -0.2) is 36.3 Å². The van der Waals surface area contributed by atoms with Gasteiger partial charge in [0.2, 0.25) is 0 Å². The van der Waals surface area contributed by atoms with Crippen molar-refractivity contribution in [3.63, 3.8) is 0 Å². The Kier molecular flexibility index (Phi) is 8.79. The number of aromatic nitrogens is 2. The molecular formula is C30H34ClN3O4. The number of halogens is 1. The van der Waals surface area contributed by atoms with Crippen LogP contribution >= 0.6 is 11.6 Å². The van der Waals surface area contributed by atoms with E-state index in [9.17, 15) is 4.79 Å². The Hall–Kier alpha value is -3.71. The molecule has 0 radical (unpaired) electrons. The van der Waals surface area contributed by atoms with Crippen molar-refractivity contribution in [3.05, 3.63) is 82.1 Å². The van der Waals surface area contributed by atoms with Gasteiger partial charge in [0, 0.05) is 17.1 Å². The van der Waals surface area contributed by atoms with Gasteiger partial charge in [-0.2, -0.15) is 0 Å². The zero-order valence-corrected chi connectivity index (χ0v) is 23.3. The molecular weight excluding hydrogens is 502 g/mol. The maximum Gasteiger partial charge on any atom is 0.251 e. The molecule has 4 rings (SSSR count). The number of benzene rings is 3. The van der Waals surface area contributed by atoms with E-state index in [1.807, 2.05) is 51.1 Å². The lowest BCUT2D eigenvalue weighted by Crippen LogP contribution is -2.28. The van der Waals surface area contributed by atoms with Gasteiger partial charge in [-0.05, 0) is 87.2 Å². The van der Waals surface area contributed by atoms with Gasteiger partial charge in [-0.3, -0.25) is 4.79 Å². The summed E-state index contributed by atoms with van der Waals surface area (Å²) in [4.78, 5) is 17.9. The molecule has 1 unspecified atom stereocenters. The van der Waals surface area contributed by atoms with Crippen molar-refractivity contribution < 1.29 is 19.0 Å². The van der Waals surface area contributed by atoms with E-state index >= 15 is 0 Å². The number of aryl methyl sites for hydroxylation is 3. The number of carbonyl (C=O) groups excluding carboxylic acids is 1. The minimum absolute atomic E-state index is 0.209. The number of nitrogens with one attached hydrogen (secondary N) is 1. The summed E-state index contributed by atoms with van der Waals surface area (Å²) < 4.78 is 18.8. The van der Waals surface area contributed by atoms with Crippen LogP contribution in [0.25, 0.3) is 11.0 Å². The summed E-state index contributed by atoms with van der Waals surface area (Å²) in [5.41, 5.74) is 4.46. The molecule has 0 spiro atoms. The number of hydrogen-bond donors (Lipinski definition) is 1. The number of ether oxygens (including phenoxy) is 3. The average Bonchev–Trinajstić information content (AvgIpc) is 3.29. The summed E-state index contributed by atoms with van der Waals surface area (Å²) in [6, 6.07) is 16.8. The lowest BCUT2D eigenvalue weighted by atomic mass is 10.1. The van der Waals surface area contributed by atoms with Crippen molar-refractivity contribution in [1.82, 2.24) is 14.9 Å². The number of para-hydroxylation sites is 2. The molecule has 8 heteroatoms. The van der Waals surface area contributed by atoms with Crippen LogP contribution in [0.15, 0.2) is 54.6 Å². The van der Waals surface area contributed by atoms with Crippen LogP contribution in [0.3, 0.4) is 0 Å². The van der Waals surface area contributed by atoms with E-state index in [1.54, 1.807) is 32.4 Å². The molecule has 0 saturated carbocycles. The van der Waals surface area contributed by atoms with E-state index in [0.717, 1.165) is 58.1 Å². The number of rotatable bonds is 11. The Labute approximate surface area is 228 Å². The van der Waals surface area contributed by atoms with Crippen LogP contribution in [0, 0.1) is 13.8 Å². The van der Waals surface area contributed by atoms with Crippen LogP contribution in [0.5, 0.6) is 17.2 Å². The summed E-state index contributed by atoms with van der Waals surface area (Å²) in [7, 11) is 3.11. The predicted octanol–water partition coefficient (Wildman–Crippen LogP) is 6.67. The van der Waals surface area contributed by atoms with Gasteiger partial charge in [0.25, 0.3) is 5.91 Å². The largest absolute Gasteiger partial charge is 0.494 e. The van der Waals surface area contributed by atoms with Gasteiger partial charge in [0.15, 0.2) is 11.5 Å². The molecule has 0 saturated heterocycles. The van der Waals surface area contributed by atoms with Gasteiger partial charge < -0.3 is 24.1 Å². The molecule has 0 aliphatic carbocycles. The summed E-state index contributed by atoms with van der Waals surface area (Å²) in [5, 5.41) is 3.87. The highest BCUT2D eigenvalue weighted by Crippen LogP contribution is 2.29. The van der Waals surface area contributed by atoms with Crippen molar-refractivity contribution in [2.75, 3.05) is 20.8 Å². The smallest absolute Gasteiger partial charge is 0.251 e. The van der Waals surface area contributed by atoms with E-state index < -0.39 is 0 Å². The fourth-order valence-electron chi connectivity index (χ4n) is 4.53. The van der Waals surface area contributed by atoms with E-state index in [0.29, 0.717) is 23.7 Å². The molecule has 1 aromatic heterocycles. The number of unbranched alkanes of at least 4 members (excludes halogenated alkanes) is 1. The third-order valence-corrected chi connectivity index (χ3v) is 7.12. The molecule has 38 heavy (non-hydrogen) atoms. The normalized spacial score (nSPS) is 11.8. The minimum atomic E-state index is -0.306. The van der Waals surface area contributed by atoms with Gasteiger partial charge in [-0.15, -0.1) is 0 Å². The summed E-state index contributed by atoms with van der Waals surface area (Å²) >= 11 is 6.27. The fourth-order valence-corrected chi connectivity index (χ4v) is 4.64. The molecule has 7 nitrogen and oxygen atoms in total. The van der Waals surface area contributed by atoms with E-state index in [4.69, 9.17) is 30.8 Å². The number of methoxy groups -OCH3 is 2. The monoisotopic (exact) mass is 535 g/mol. The molecule has 200 valence electrons. The molecule has 1 atom stereocenters. The highest BCUT2D eigenvalue weighted by atomic mass is 35.5. The van der Waals surface area contributed by atoms with E-state index in [2.05, 4.69) is 16.0 Å². The summed E-state index contributed by atoms with van der Waals surface area (Å²) in [5.74, 6) is 2.52. The van der Waals surface area contributed by atoms with Crippen molar-refractivity contribution in [3.8, 4) is 17.2 Å². The standard InChI is InChI=1S/C30H34ClN3O4/c1-19-16-23(17-20(2)28(19)31)38-15-9-8-14-34-25-11-7-6-10-24(25)33-29(34)21(3)32-30(35)22-12-13-26(36-4)27(18-22)37-5/h6-7,10-13,16-18,21H,8-9,14-15H2,1-5H3,(H,32,35). The lowest BCUT2D eigenvalue weighted by Gasteiger charge is -2.17. The van der Waals surface area contributed by atoms with Crippen LogP contribution in [0.2, 0.25) is 5.02 Å². The summed E-state index contributed by atoms with van der Waals surface area (Å²) in [6.45, 7) is 7.28. The van der Waals surface area contributed by atoms with Gasteiger partial charge in [0.1, 0.15) is 11.6 Å². The molecule has 0 fully saturated rings. The third kappa shape index (κ3) is 6.05. The van der Waals surface area contributed by atoms with Gasteiger partial charge in [0.05, 0.1) is 37.9 Å². The molecule has 1 amide bonds. The number of hydrogen-bond acceptors (Lipinski definition) is 5. The zero-order chi connectivity index (χ0) is 27.2. The topological polar surface area (TPSA) is 74.6 Å². The first kappa shape index (κ1) is 27.3. The number of carbonyl (C=O) groups is 1. The zero-order valence-electron chi connectivity index (χ0n) is 22.5. The molecule has 0 aliphatic rings. The molecule has 1 heterocycles. The number of imidazole rings is 1. The highest BCUT2D eigenvalue weighted by Gasteiger charge is 2.20. The van der Waals surface area contributed by atoms with Crippen molar-refractivity contribution in [2.45, 2.75) is 46.2 Å². The Morgan fingerprint density at radius 3 is 2.42 bits per heavy atom. The van der Waals surface area contributed by atoms with Crippen LogP contribution in [0.4, 0.5) is 0 Å². The minimum Gasteiger partial charge on any atom is -0.494 e. The molecule has 1 N–H and O–H groups in total. The Morgan fingerprint density at radius 2 is 1.71 bits per heavy atom. The summed E-state index contributed by atoms with van der Waals surface area (Å²) in [6.07, 6.45) is 1.77. The first-order valence-corrected chi connectivity index (χ1v) is 13.1. The second-order valence-electron chi connectivity index (χ2n) is 9.30. The maximum atomic E-state index is 13.1.